The average Bonchev–Trinajstić information content (AvgIpc) is 3.02. The Morgan fingerprint density at radius 3 is 2.38 bits per heavy atom. The van der Waals surface area contributed by atoms with Crippen LogP contribution >= 0.6 is 0 Å². The first-order valence-corrected chi connectivity index (χ1v) is 11.1. The van der Waals surface area contributed by atoms with Gasteiger partial charge in [-0.3, -0.25) is 0 Å². The van der Waals surface area contributed by atoms with Crippen LogP contribution < -0.4 is 10.2 Å². The van der Waals surface area contributed by atoms with Gasteiger partial charge in [0.05, 0.1) is 5.56 Å². The lowest BCUT2D eigenvalue weighted by atomic mass is 10.1. The smallest absolute Gasteiger partial charge is 0.337 e. The predicted molar refractivity (Wildman–Crippen MR) is 127 cm³/mol. The summed E-state index contributed by atoms with van der Waals surface area (Å²) in [6.45, 7) is 9.62. The summed E-state index contributed by atoms with van der Waals surface area (Å²) in [4.78, 5) is 14.3. The molecule has 0 aliphatic heterocycles. The fraction of sp³-hybridized carbons (Fsp3) is 0.346. The number of nitrogens with zero attached hydrogens (tertiary/aromatic N) is 2. The van der Waals surface area contributed by atoms with E-state index in [0.717, 1.165) is 48.6 Å². The van der Waals surface area contributed by atoms with E-state index in [2.05, 4.69) is 29.3 Å². The van der Waals surface area contributed by atoms with Crippen molar-refractivity contribution in [3.63, 3.8) is 0 Å². The van der Waals surface area contributed by atoms with Crippen molar-refractivity contribution in [2.24, 2.45) is 0 Å². The number of rotatable bonds is 11. The Kier molecular flexibility index (Phi) is 8.06. The number of hydrogen-bond acceptors (Lipinski definition) is 3. The fourth-order valence-electron chi connectivity index (χ4n) is 4.18. The molecule has 0 unspecified atom stereocenters. The second kappa shape index (κ2) is 11.0. The number of hydrogen-bond donors (Lipinski definition) is 2. The lowest BCUT2D eigenvalue weighted by Crippen LogP contribution is -2.27. The summed E-state index contributed by atoms with van der Waals surface area (Å²) in [6, 6.07) is 16.7. The molecule has 0 aliphatic rings. The number of anilines is 1. The first kappa shape index (κ1) is 23.5. The van der Waals surface area contributed by atoms with Crippen LogP contribution in [0.3, 0.4) is 0 Å². The maximum Gasteiger partial charge on any atom is 0.337 e. The highest BCUT2D eigenvalue weighted by Gasteiger charge is 2.22. The zero-order chi connectivity index (χ0) is 23.1. The van der Waals surface area contributed by atoms with Gasteiger partial charge in [0.1, 0.15) is 5.82 Å². The van der Waals surface area contributed by atoms with Crippen molar-refractivity contribution in [2.75, 3.05) is 24.5 Å². The van der Waals surface area contributed by atoms with Crippen molar-refractivity contribution >= 4 is 11.7 Å². The molecule has 5 nitrogen and oxygen atoms in total. The molecule has 1 heterocycles. The summed E-state index contributed by atoms with van der Waals surface area (Å²) in [5.41, 5.74) is 4.97. The summed E-state index contributed by atoms with van der Waals surface area (Å²) in [5, 5.41) is 13.3. The van der Waals surface area contributed by atoms with E-state index >= 15 is 0 Å². The minimum Gasteiger partial charge on any atom is -0.478 e. The molecule has 0 fully saturated rings. The van der Waals surface area contributed by atoms with Gasteiger partial charge in [0.25, 0.3) is 0 Å². The van der Waals surface area contributed by atoms with Crippen LogP contribution in [0.1, 0.15) is 46.2 Å². The van der Waals surface area contributed by atoms with Crippen molar-refractivity contribution in [3.8, 4) is 0 Å². The summed E-state index contributed by atoms with van der Waals surface area (Å²) in [7, 11) is 0. The summed E-state index contributed by atoms with van der Waals surface area (Å²) < 4.78 is 15.2. The largest absolute Gasteiger partial charge is 0.478 e. The molecule has 3 rings (SSSR count). The molecule has 2 N–H and O–H groups in total. The lowest BCUT2D eigenvalue weighted by Gasteiger charge is -2.23. The van der Waals surface area contributed by atoms with Crippen molar-refractivity contribution < 1.29 is 14.3 Å². The first-order chi connectivity index (χ1) is 15.4. The van der Waals surface area contributed by atoms with Gasteiger partial charge < -0.3 is 19.9 Å². The minimum absolute atomic E-state index is 0.278. The van der Waals surface area contributed by atoms with E-state index in [0.29, 0.717) is 18.7 Å². The van der Waals surface area contributed by atoms with Gasteiger partial charge in [-0.1, -0.05) is 30.3 Å². The minimum atomic E-state index is -0.915. The average molecular weight is 438 g/mol. The van der Waals surface area contributed by atoms with Crippen molar-refractivity contribution in [1.82, 2.24) is 9.88 Å². The molecule has 0 radical (unpaired) electrons. The van der Waals surface area contributed by atoms with Crippen molar-refractivity contribution in [2.45, 2.75) is 40.3 Å². The molecule has 0 atom stereocenters. The monoisotopic (exact) mass is 437 g/mol. The summed E-state index contributed by atoms with van der Waals surface area (Å²) in [5.74, 6) is -1.19. The Morgan fingerprint density at radius 2 is 1.75 bits per heavy atom. The maximum atomic E-state index is 13.2. The van der Waals surface area contributed by atoms with E-state index in [1.54, 1.807) is 12.1 Å². The molecule has 0 amide bonds. The third kappa shape index (κ3) is 5.56. The molecule has 3 aromatic rings. The van der Waals surface area contributed by atoms with Crippen LogP contribution in [0.15, 0.2) is 54.6 Å². The Bertz CT molecular complexity index is 1030. The van der Waals surface area contributed by atoms with Crippen LogP contribution in [-0.2, 0) is 13.1 Å². The van der Waals surface area contributed by atoms with Crippen LogP contribution in [0.4, 0.5) is 10.1 Å². The molecule has 0 spiro atoms. The Balaban J connectivity index is 1.64. The van der Waals surface area contributed by atoms with Gasteiger partial charge in [-0.15, -0.1) is 0 Å². The van der Waals surface area contributed by atoms with Crippen LogP contribution in [0.25, 0.3) is 0 Å². The number of halogens is 1. The fourth-order valence-corrected chi connectivity index (χ4v) is 4.18. The van der Waals surface area contributed by atoms with E-state index in [-0.39, 0.29) is 5.82 Å². The number of aromatic carboxylic acids is 1. The van der Waals surface area contributed by atoms with Crippen LogP contribution in [0.2, 0.25) is 0 Å². The highest BCUT2D eigenvalue weighted by molar-refractivity contribution is 5.91. The standard InChI is InChI=1S/C26H32FN3O2/c1-4-29(23-9-6-5-7-10-23)16-8-15-28-17-24-19(2)30(20(3)25(24)26(31)32)18-21-11-13-22(27)14-12-21/h5-7,9-14,28H,4,8,15-18H2,1-3H3,(H,31,32). The zero-order valence-electron chi connectivity index (χ0n) is 19.1. The molecule has 1 aromatic heterocycles. The lowest BCUT2D eigenvalue weighted by molar-refractivity contribution is 0.0694. The van der Waals surface area contributed by atoms with Gasteiger partial charge in [0.15, 0.2) is 0 Å². The van der Waals surface area contributed by atoms with Gasteiger partial charge in [-0.05, 0) is 63.6 Å². The topological polar surface area (TPSA) is 57.5 Å². The van der Waals surface area contributed by atoms with E-state index in [1.807, 2.05) is 36.6 Å². The Morgan fingerprint density at radius 1 is 1.06 bits per heavy atom. The van der Waals surface area contributed by atoms with Gasteiger partial charge in [-0.2, -0.15) is 0 Å². The van der Waals surface area contributed by atoms with Crippen molar-refractivity contribution in [3.05, 3.63) is 88.5 Å². The molecule has 0 saturated carbocycles. The molecule has 2 aromatic carbocycles. The Hall–Kier alpha value is -3.12. The van der Waals surface area contributed by atoms with Crippen LogP contribution in [0.5, 0.6) is 0 Å². The van der Waals surface area contributed by atoms with Crippen LogP contribution in [-0.4, -0.2) is 35.3 Å². The maximum absolute atomic E-state index is 13.2. The number of para-hydroxylation sites is 1. The van der Waals surface area contributed by atoms with Crippen molar-refractivity contribution in [1.29, 1.82) is 0 Å². The van der Waals surface area contributed by atoms with Gasteiger partial charge in [-0.25, -0.2) is 9.18 Å². The molecule has 0 aliphatic carbocycles. The first-order valence-electron chi connectivity index (χ1n) is 11.1. The van der Waals surface area contributed by atoms with Gasteiger partial charge >= 0.3 is 5.97 Å². The molecule has 32 heavy (non-hydrogen) atoms. The quantitative estimate of drug-likeness (QED) is 0.415. The van der Waals surface area contributed by atoms with Gasteiger partial charge in [0, 0.05) is 48.8 Å². The Labute approximate surface area is 189 Å². The number of nitrogens with one attached hydrogen (secondary N) is 1. The second-order valence-electron chi connectivity index (χ2n) is 7.99. The third-order valence-electron chi connectivity index (χ3n) is 5.96. The SMILES string of the molecule is CCN(CCCNCc1c(C(=O)O)c(C)n(Cc2ccc(F)cc2)c1C)c1ccccc1. The highest BCUT2D eigenvalue weighted by Crippen LogP contribution is 2.24. The second-order valence-corrected chi connectivity index (χ2v) is 7.99. The normalized spacial score (nSPS) is 11.0. The van der Waals surface area contributed by atoms with E-state index in [9.17, 15) is 14.3 Å². The number of carboxylic acid groups (broad SMARTS) is 1. The van der Waals surface area contributed by atoms with Crippen LogP contribution in [0, 0.1) is 19.7 Å². The zero-order valence-corrected chi connectivity index (χ0v) is 19.1. The highest BCUT2D eigenvalue weighted by atomic mass is 19.1. The molecular formula is C26H32FN3O2. The number of benzene rings is 2. The van der Waals surface area contributed by atoms with E-state index < -0.39 is 5.97 Å². The third-order valence-corrected chi connectivity index (χ3v) is 5.96. The molecule has 0 saturated heterocycles. The molecular weight excluding hydrogens is 405 g/mol. The predicted octanol–water partition coefficient (Wildman–Crippen LogP) is 5.00. The van der Waals surface area contributed by atoms with E-state index in [1.165, 1.54) is 17.8 Å². The molecule has 0 bridgehead atoms. The number of carboxylic acids is 1. The summed E-state index contributed by atoms with van der Waals surface area (Å²) in [6.07, 6.45) is 0.958. The number of aromatic nitrogens is 1. The molecule has 170 valence electrons. The van der Waals surface area contributed by atoms with Gasteiger partial charge in [0.2, 0.25) is 0 Å². The molecule has 6 heteroatoms. The summed E-state index contributed by atoms with van der Waals surface area (Å²) >= 11 is 0. The number of carbonyl (C=O) groups is 1. The van der Waals surface area contributed by atoms with E-state index in [4.69, 9.17) is 0 Å².